The lowest BCUT2D eigenvalue weighted by Crippen LogP contribution is -2.58. The molecule has 4 fully saturated rings. The molecule has 210 valence electrons. The molecule has 0 heterocycles. The zero-order chi connectivity index (χ0) is 27.2. The largest absolute Gasteiger partial charge is 0.457 e. The van der Waals surface area contributed by atoms with Gasteiger partial charge < -0.3 is 14.6 Å². The summed E-state index contributed by atoms with van der Waals surface area (Å²) in [7, 11) is 0. The lowest BCUT2D eigenvalue weighted by Gasteiger charge is -2.62. The van der Waals surface area contributed by atoms with Crippen molar-refractivity contribution in [3.05, 3.63) is 4.91 Å². The van der Waals surface area contributed by atoms with Gasteiger partial charge in [0.25, 0.3) is 0 Å². The molecule has 0 bridgehead atoms. The number of carbonyl (C=O) groups is 2. The van der Waals surface area contributed by atoms with Gasteiger partial charge in [-0.15, -0.1) is 0 Å². The molecule has 7 heteroatoms. The Morgan fingerprint density at radius 1 is 1.03 bits per heavy atom. The van der Waals surface area contributed by atoms with Gasteiger partial charge in [-0.25, -0.2) is 4.79 Å². The standard InChI is InChI=1S/C30H49NO6/c1-18(7-12-26(33)36-17-27(34)37-28(2,3)4)22-10-11-23-21-9-8-19-15-20(32)13-14-29(19,5)24(21)16-25(31-35)30(22,23)6/h18-25,32H,7-17H2,1-6H3. The first kappa shape index (κ1) is 28.5. The van der Waals surface area contributed by atoms with Crippen molar-refractivity contribution in [2.24, 2.45) is 51.5 Å². The third kappa shape index (κ3) is 5.49. The summed E-state index contributed by atoms with van der Waals surface area (Å²) in [5, 5.41) is 14.1. The van der Waals surface area contributed by atoms with Gasteiger partial charge in [-0.2, -0.15) is 4.91 Å². The average Bonchev–Trinajstić information content (AvgIpc) is 3.18. The number of esters is 2. The summed E-state index contributed by atoms with van der Waals surface area (Å²) >= 11 is 0. The Morgan fingerprint density at radius 3 is 2.43 bits per heavy atom. The third-order valence-corrected chi connectivity index (χ3v) is 11.2. The highest BCUT2D eigenvalue weighted by atomic mass is 16.6. The maximum Gasteiger partial charge on any atom is 0.344 e. The lowest BCUT2D eigenvalue weighted by atomic mass is 9.43. The van der Waals surface area contributed by atoms with Crippen LogP contribution in [-0.2, 0) is 19.1 Å². The van der Waals surface area contributed by atoms with Crippen LogP contribution in [0.3, 0.4) is 0 Å². The number of hydrogen-bond acceptors (Lipinski definition) is 7. The van der Waals surface area contributed by atoms with E-state index in [1.807, 2.05) is 0 Å². The van der Waals surface area contributed by atoms with Crippen LogP contribution < -0.4 is 0 Å². The smallest absolute Gasteiger partial charge is 0.344 e. The van der Waals surface area contributed by atoms with E-state index < -0.39 is 11.6 Å². The van der Waals surface area contributed by atoms with Gasteiger partial charge in [0.15, 0.2) is 6.61 Å². The molecule has 7 nitrogen and oxygen atoms in total. The molecule has 4 saturated carbocycles. The highest BCUT2D eigenvalue weighted by Crippen LogP contribution is 2.68. The minimum atomic E-state index is -0.608. The molecule has 0 amide bonds. The molecular formula is C30H49NO6. The highest BCUT2D eigenvalue weighted by molar-refractivity contribution is 5.76. The van der Waals surface area contributed by atoms with Gasteiger partial charge >= 0.3 is 11.9 Å². The molecule has 0 aliphatic heterocycles. The number of rotatable bonds is 7. The SMILES string of the molecule is CC(CCC(=O)OCC(=O)OC(C)(C)C)C1CCC2C3CCC4CC(O)CCC4(C)C3CC(N=O)C12C. The van der Waals surface area contributed by atoms with Gasteiger partial charge in [-0.1, -0.05) is 25.9 Å². The van der Waals surface area contributed by atoms with Crippen LogP contribution in [0.5, 0.6) is 0 Å². The van der Waals surface area contributed by atoms with Gasteiger partial charge in [-0.05, 0) is 125 Å². The molecule has 10 atom stereocenters. The third-order valence-electron chi connectivity index (χ3n) is 11.2. The molecule has 10 unspecified atom stereocenters. The predicted molar refractivity (Wildman–Crippen MR) is 141 cm³/mol. The second-order valence-corrected chi connectivity index (χ2v) is 14.3. The van der Waals surface area contributed by atoms with Crippen molar-refractivity contribution >= 4 is 11.9 Å². The molecule has 0 aromatic carbocycles. The van der Waals surface area contributed by atoms with E-state index in [2.05, 4.69) is 25.9 Å². The monoisotopic (exact) mass is 519 g/mol. The number of aliphatic hydroxyl groups excluding tert-OH is 1. The minimum absolute atomic E-state index is 0.139. The Bertz CT molecular complexity index is 869. The van der Waals surface area contributed by atoms with Gasteiger partial charge in [-0.3, -0.25) is 4.79 Å². The summed E-state index contributed by atoms with van der Waals surface area (Å²) in [5.74, 6) is 1.87. The lowest BCUT2D eigenvalue weighted by molar-refractivity contribution is -0.166. The van der Waals surface area contributed by atoms with E-state index in [4.69, 9.17) is 9.47 Å². The Hall–Kier alpha value is -1.50. The molecule has 4 aliphatic carbocycles. The van der Waals surface area contributed by atoms with Gasteiger partial charge in [0.05, 0.1) is 12.1 Å². The van der Waals surface area contributed by atoms with Crippen molar-refractivity contribution < 1.29 is 24.2 Å². The molecule has 0 spiro atoms. The first-order valence-corrected chi connectivity index (χ1v) is 14.7. The van der Waals surface area contributed by atoms with Crippen LogP contribution in [0.2, 0.25) is 0 Å². The van der Waals surface area contributed by atoms with E-state index in [1.54, 1.807) is 20.8 Å². The van der Waals surface area contributed by atoms with E-state index in [1.165, 1.54) is 12.8 Å². The average molecular weight is 520 g/mol. The first-order valence-electron chi connectivity index (χ1n) is 14.7. The summed E-state index contributed by atoms with van der Waals surface area (Å²) < 4.78 is 10.4. The van der Waals surface area contributed by atoms with Gasteiger partial charge in [0.2, 0.25) is 0 Å². The number of hydrogen-bond donors (Lipinski definition) is 1. The van der Waals surface area contributed by atoms with E-state index >= 15 is 0 Å². The van der Waals surface area contributed by atoms with Crippen LogP contribution in [0.25, 0.3) is 0 Å². The van der Waals surface area contributed by atoms with Crippen molar-refractivity contribution in [1.29, 1.82) is 0 Å². The van der Waals surface area contributed by atoms with Crippen molar-refractivity contribution in [3.63, 3.8) is 0 Å². The van der Waals surface area contributed by atoms with Crippen LogP contribution >= 0.6 is 0 Å². The highest BCUT2D eigenvalue weighted by Gasteiger charge is 2.64. The van der Waals surface area contributed by atoms with Crippen LogP contribution in [-0.4, -0.2) is 41.4 Å². The molecule has 0 aromatic heterocycles. The van der Waals surface area contributed by atoms with Crippen LogP contribution in [0.15, 0.2) is 5.18 Å². The Balaban J connectivity index is 1.39. The van der Waals surface area contributed by atoms with E-state index in [-0.39, 0.29) is 47.9 Å². The molecule has 0 saturated heterocycles. The Labute approximate surface area is 222 Å². The molecule has 0 radical (unpaired) electrons. The first-order chi connectivity index (χ1) is 17.3. The van der Waals surface area contributed by atoms with E-state index in [9.17, 15) is 19.6 Å². The Morgan fingerprint density at radius 2 is 1.76 bits per heavy atom. The summed E-state index contributed by atoms with van der Waals surface area (Å²) in [6.45, 7) is 11.9. The number of nitroso groups, excluding NO2 is 1. The van der Waals surface area contributed by atoms with E-state index in [0.717, 1.165) is 38.5 Å². The zero-order valence-corrected chi connectivity index (χ0v) is 23.8. The maximum absolute atomic E-state index is 12.4. The van der Waals surface area contributed by atoms with Gasteiger partial charge in [0, 0.05) is 6.42 Å². The van der Waals surface area contributed by atoms with Gasteiger partial charge in [0.1, 0.15) is 5.60 Å². The van der Waals surface area contributed by atoms with Crippen molar-refractivity contribution in [2.75, 3.05) is 6.61 Å². The van der Waals surface area contributed by atoms with Crippen LogP contribution in [0, 0.1) is 51.2 Å². The summed E-state index contributed by atoms with van der Waals surface area (Å²) in [6, 6.07) is -0.199. The van der Waals surface area contributed by atoms with E-state index in [0.29, 0.717) is 36.0 Å². The summed E-state index contributed by atoms with van der Waals surface area (Å²) in [6.07, 6.45) is 9.06. The van der Waals surface area contributed by atoms with Crippen molar-refractivity contribution in [2.45, 2.75) is 123 Å². The zero-order valence-electron chi connectivity index (χ0n) is 23.8. The molecule has 0 aromatic rings. The number of carbonyl (C=O) groups excluding carboxylic acids is 2. The molecule has 4 aliphatic rings. The van der Waals surface area contributed by atoms with Crippen LogP contribution in [0.1, 0.15) is 106 Å². The predicted octanol–water partition coefficient (Wildman–Crippen LogP) is 6.05. The fourth-order valence-electron chi connectivity index (χ4n) is 9.45. The number of nitrogens with zero attached hydrogens (tertiary/aromatic N) is 1. The number of fused-ring (bicyclic) bond motifs is 5. The van der Waals surface area contributed by atoms with Crippen molar-refractivity contribution in [1.82, 2.24) is 0 Å². The molecular weight excluding hydrogens is 470 g/mol. The number of aliphatic hydroxyl groups is 1. The quantitative estimate of drug-likeness (QED) is 0.324. The molecule has 37 heavy (non-hydrogen) atoms. The number of ether oxygens (including phenoxy) is 2. The summed E-state index contributed by atoms with van der Waals surface area (Å²) in [4.78, 5) is 36.6. The minimum Gasteiger partial charge on any atom is -0.457 e. The second-order valence-electron chi connectivity index (χ2n) is 14.3. The van der Waals surface area contributed by atoms with Crippen molar-refractivity contribution in [3.8, 4) is 0 Å². The topological polar surface area (TPSA) is 102 Å². The second kappa shape index (κ2) is 10.6. The molecule has 1 N–H and O–H groups in total. The Kier molecular flexibility index (Phi) is 8.15. The molecule has 4 rings (SSSR count). The summed E-state index contributed by atoms with van der Waals surface area (Å²) in [5.41, 5.74) is -0.544. The van der Waals surface area contributed by atoms with Crippen LogP contribution in [0.4, 0.5) is 0 Å². The fourth-order valence-corrected chi connectivity index (χ4v) is 9.45. The fraction of sp³-hybridized carbons (Fsp3) is 0.933. The normalized spacial score (nSPS) is 42.1. The maximum atomic E-state index is 12.4.